The van der Waals surface area contributed by atoms with Gasteiger partial charge in [-0.1, -0.05) is 12.0 Å². The molecule has 2 rings (SSSR count). The lowest BCUT2D eigenvalue weighted by molar-refractivity contribution is 0.357. The number of anilines is 1. The van der Waals surface area contributed by atoms with Gasteiger partial charge in [0.1, 0.15) is 0 Å². The second-order valence-corrected chi connectivity index (χ2v) is 4.90. The minimum Gasteiger partial charge on any atom is -0.406 e. The highest BCUT2D eigenvalue weighted by Crippen LogP contribution is 2.27. The molecule has 1 fully saturated rings. The Labute approximate surface area is 96.0 Å². The van der Waals surface area contributed by atoms with E-state index in [0.717, 1.165) is 6.54 Å². The molecule has 1 aromatic rings. The summed E-state index contributed by atoms with van der Waals surface area (Å²) in [5.41, 5.74) is 5.70. The van der Waals surface area contributed by atoms with E-state index in [0.29, 0.717) is 23.9 Å². The molecule has 16 heavy (non-hydrogen) atoms. The van der Waals surface area contributed by atoms with Gasteiger partial charge in [0.2, 0.25) is 5.89 Å². The Morgan fingerprint density at radius 3 is 2.75 bits per heavy atom. The van der Waals surface area contributed by atoms with E-state index in [1.807, 2.05) is 6.92 Å². The zero-order chi connectivity index (χ0) is 11.7. The maximum Gasteiger partial charge on any atom is 0.318 e. The monoisotopic (exact) mass is 224 g/mol. The number of rotatable bonds is 2. The third-order valence-corrected chi connectivity index (χ3v) is 3.18. The van der Waals surface area contributed by atoms with Crippen LogP contribution in [0.1, 0.15) is 45.5 Å². The Morgan fingerprint density at radius 1 is 1.38 bits per heavy atom. The summed E-state index contributed by atoms with van der Waals surface area (Å²) in [6.45, 7) is 7.28. The molecule has 1 aromatic heterocycles. The van der Waals surface area contributed by atoms with Gasteiger partial charge in [-0.05, 0) is 32.6 Å². The first-order valence-electron chi connectivity index (χ1n) is 5.93. The Balaban J connectivity index is 2.15. The van der Waals surface area contributed by atoms with Crippen LogP contribution >= 0.6 is 0 Å². The summed E-state index contributed by atoms with van der Waals surface area (Å²) < 4.78 is 5.58. The molecule has 0 aromatic carbocycles. The van der Waals surface area contributed by atoms with Gasteiger partial charge in [-0.2, -0.15) is 0 Å². The number of hydrogen-bond acceptors (Lipinski definition) is 5. The van der Waals surface area contributed by atoms with Crippen LogP contribution in [0.25, 0.3) is 0 Å². The SMILES string of the molecule is CC1CCC(C)N(c2nnc(C(C)N)o2)C1. The number of piperidine rings is 1. The van der Waals surface area contributed by atoms with Crippen LogP contribution in [-0.4, -0.2) is 22.8 Å². The zero-order valence-electron chi connectivity index (χ0n) is 10.2. The summed E-state index contributed by atoms with van der Waals surface area (Å²) in [4.78, 5) is 2.19. The topological polar surface area (TPSA) is 68.2 Å². The first kappa shape index (κ1) is 11.4. The lowest BCUT2D eigenvalue weighted by Crippen LogP contribution is -2.41. The predicted molar refractivity (Wildman–Crippen MR) is 62.1 cm³/mol. The number of aromatic nitrogens is 2. The second kappa shape index (κ2) is 4.41. The third kappa shape index (κ3) is 2.19. The summed E-state index contributed by atoms with van der Waals surface area (Å²) in [5.74, 6) is 1.20. The maximum absolute atomic E-state index is 5.70. The van der Waals surface area contributed by atoms with Crippen LogP contribution in [0.2, 0.25) is 0 Å². The van der Waals surface area contributed by atoms with Crippen molar-refractivity contribution in [3.8, 4) is 0 Å². The minimum absolute atomic E-state index is 0.196. The van der Waals surface area contributed by atoms with E-state index in [9.17, 15) is 0 Å². The molecule has 5 nitrogen and oxygen atoms in total. The van der Waals surface area contributed by atoms with Gasteiger partial charge in [0.05, 0.1) is 6.04 Å². The van der Waals surface area contributed by atoms with Crippen molar-refractivity contribution in [1.82, 2.24) is 10.2 Å². The summed E-state index contributed by atoms with van der Waals surface area (Å²) in [6, 6.07) is 0.891. The van der Waals surface area contributed by atoms with Crippen LogP contribution in [0.4, 0.5) is 6.01 Å². The van der Waals surface area contributed by atoms with Crippen LogP contribution in [-0.2, 0) is 0 Å². The van der Waals surface area contributed by atoms with Crippen molar-refractivity contribution >= 4 is 6.01 Å². The molecule has 5 heteroatoms. The molecule has 1 saturated heterocycles. The van der Waals surface area contributed by atoms with E-state index >= 15 is 0 Å². The highest BCUT2D eigenvalue weighted by Gasteiger charge is 2.27. The van der Waals surface area contributed by atoms with Crippen LogP contribution < -0.4 is 10.6 Å². The Hall–Kier alpha value is -1.10. The largest absolute Gasteiger partial charge is 0.406 e. The van der Waals surface area contributed by atoms with Crippen LogP contribution in [0.5, 0.6) is 0 Å². The minimum atomic E-state index is -0.196. The molecule has 0 amide bonds. The van der Waals surface area contributed by atoms with Crippen molar-refractivity contribution in [1.29, 1.82) is 0 Å². The smallest absolute Gasteiger partial charge is 0.318 e. The van der Waals surface area contributed by atoms with Gasteiger partial charge in [0, 0.05) is 12.6 Å². The average molecular weight is 224 g/mol. The molecule has 0 saturated carbocycles. The van der Waals surface area contributed by atoms with Crippen molar-refractivity contribution in [2.45, 2.75) is 45.7 Å². The van der Waals surface area contributed by atoms with E-state index in [4.69, 9.17) is 10.2 Å². The number of nitrogens with two attached hydrogens (primary N) is 1. The highest BCUT2D eigenvalue weighted by molar-refractivity contribution is 5.27. The summed E-state index contributed by atoms with van der Waals surface area (Å²) in [5, 5.41) is 8.04. The highest BCUT2D eigenvalue weighted by atomic mass is 16.4. The lowest BCUT2D eigenvalue weighted by Gasteiger charge is -2.35. The molecule has 0 spiro atoms. The Morgan fingerprint density at radius 2 is 2.12 bits per heavy atom. The zero-order valence-corrected chi connectivity index (χ0v) is 10.2. The van der Waals surface area contributed by atoms with Crippen LogP contribution in [0.3, 0.4) is 0 Å². The first-order valence-corrected chi connectivity index (χ1v) is 5.93. The summed E-state index contributed by atoms with van der Waals surface area (Å²) >= 11 is 0. The molecule has 1 aliphatic heterocycles. The van der Waals surface area contributed by atoms with E-state index < -0.39 is 0 Å². The second-order valence-electron chi connectivity index (χ2n) is 4.90. The van der Waals surface area contributed by atoms with E-state index in [1.165, 1.54) is 12.8 Å². The van der Waals surface area contributed by atoms with Gasteiger partial charge in [-0.3, -0.25) is 0 Å². The van der Waals surface area contributed by atoms with Gasteiger partial charge < -0.3 is 15.1 Å². The van der Waals surface area contributed by atoms with Crippen molar-refractivity contribution in [2.24, 2.45) is 11.7 Å². The number of nitrogens with zero attached hydrogens (tertiary/aromatic N) is 3. The maximum atomic E-state index is 5.70. The standard InChI is InChI=1S/C11H20N4O/c1-7-4-5-8(2)15(6-7)11-14-13-10(16-11)9(3)12/h7-9H,4-6,12H2,1-3H3. The molecule has 0 aliphatic carbocycles. The van der Waals surface area contributed by atoms with E-state index in [2.05, 4.69) is 28.9 Å². The van der Waals surface area contributed by atoms with Gasteiger partial charge in [-0.25, -0.2) is 0 Å². The van der Waals surface area contributed by atoms with Crippen LogP contribution in [0, 0.1) is 5.92 Å². The summed E-state index contributed by atoms with van der Waals surface area (Å²) in [7, 11) is 0. The normalized spacial score (nSPS) is 28.1. The molecular weight excluding hydrogens is 204 g/mol. The van der Waals surface area contributed by atoms with Gasteiger partial charge in [0.25, 0.3) is 0 Å². The molecular formula is C11H20N4O. The van der Waals surface area contributed by atoms with Gasteiger partial charge in [0.15, 0.2) is 0 Å². The van der Waals surface area contributed by atoms with Crippen LogP contribution in [0.15, 0.2) is 4.42 Å². The summed E-state index contributed by atoms with van der Waals surface area (Å²) in [6.07, 6.45) is 2.45. The molecule has 2 heterocycles. The van der Waals surface area contributed by atoms with Crippen molar-refractivity contribution < 1.29 is 4.42 Å². The molecule has 90 valence electrons. The van der Waals surface area contributed by atoms with Gasteiger partial charge in [-0.15, -0.1) is 5.10 Å². The van der Waals surface area contributed by atoms with Crippen molar-refractivity contribution in [3.05, 3.63) is 5.89 Å². The Kier molecular flexibility index (Phi) is 3.14. The van der Waals surface area contributed by atoms with Crippen molar-refractivity contribution in [3.63, 3.8) is 0 Å². The van der Waals surface area contributed by atoms with E-state index in [1.54, 1.807) is 0 Å². The molecule has 2 N–H and O–H groups in total. The predicted octanol–water partition coefficient (Wildman–Crippen LogP) is 1.71. The number of hydrogen-bond donors (Lipinski definition) is 1. The first-order chi connectivity index (χ1) is 7.58. The van der Waals surface area contributed by atoms with Crippen molar-refractivity contribution in [2.75, 3.05) is 11.4 Å². The molecule has 0 radical (unpaired) electrons. The average Bonchev–Trinajstić information content (AvgIpc) is 2.70. The Bertz CT molecular complexity index is 350. The molecule has 3 atom stereocenters. The van der Waals surface area contributed by atoms with E-state index in [-0.39, 0.29) is 6.04 Å². The fraction of sp³-hybridized carbons (Fsp3) is 0.818. The fourth-order valence-corrected chi connectivity index (χ4v) is 2.08. The quantitative estimate of drug-likeness (QED) is 0.828. The lowest BCUT2D eigenvalue weighted by atomic mass is 9.96. The fourth-order valence-electron chi connectivity index (χ4n) is 2.08. The third-order valence-electron chi connectivity index (χ3n) is 3.18. The molecule has 0 bridgehead atoms. The van der Waals surface area contributed by atoms with Gasteiger partial charge >= 0.3 is 6.01 Å². The molecule has 1 aliphatic rings. The molecule has 3 unspecified atom stereocenters.